The molecule has 0 aliphatic carbocycles. The van der Waals surface area contributed by atoms with Gasteiger partial charge in [0.05, 0.1) is 11.4 Å². The molecule has 6 heteroatoms. The van der Waals surface area contributed by atoms with Crippen molar-refractivity contribution in [3.8, 4) is 11.8 Å². The number of aryl methyl sites for hydroxylation is 1. The molecule has 0 spiro atoms. The Balaban J connectivity index is 2.91. The Kier molecular flexibility index (Phi) is 6.52. The molecular weight excluding hydrogens is 278 g/mol. The molecular formula is C14H19NO4S. The van der Waals surface area contributed by atoms with Gasteiger partial charge in [0.25, 0.3) is 0 Å². The molecule has 0 amide bonds. The highest BCUT2D eigenvalue weighted by atomic mass is 32.2. The molecule has 2 N–H and O–H groups in total. The predicted molar refractivity (Wildman–Crippen MR) is 79.0 cm³/mol. The van der Waals surface area contributed by atoms with Crippen LogP contribution in [0.5, 0.6) is 0 Å². The number of aliphatic hydroxyl groups excluding tert-OH is 1. The molecule has 0 saturated heterocycles. The van der Waals surface area contributed by atoms with E-state index < -0.39 is 10.0 Å². The lowest BCUT2D eigenvalue weighted by atomic mass is 10.1. The highest BCUT2D eigenvalue weighted by Crippen LogP contribution is 2.18. The number of hydrogen-bond donors (Lipinski definition) is 2. The first kappa shape index (κ1) is 16.5. The number of benzene rings is 1. The van der Waals surface area contributed by atoms with E-state index in [0.717, 1.165) is 5.56 Å². The second-order valence-corrected chi connectivity index (χ2v) is 6.12. The molecule has 0 aliphatic heterocycles. The number of methoxy groups -OCH3 is 1. The predicted octanol–water partition coefficient (Wildman–Crippen LogP) is 1.12. The third-order valence-corrected chi connectivity index (χ3v) is 3.86. The molecule has 0 aliphatic rings. The Morgan fingerprint density at radius 2 is 2.15 bits per heavy atom. The number of hydrogen-bond acceptors (Lipinski definition) is 4. The van der Waals surface area contributed by atoms with Crippen molar-refractivity contribution in [1.29, 1.82) is 0 Å². The van der Waals surface area contributed by atoms with Gasteiger partial charge in [-0.15, -0.1) is 0 Å². The van der Waals surface area contributed by atoms with Gasteiger partial charge in [-0.1, -0.05) is 17.9 Å². The number of ether oxygens (including phenoxy) is 1. The van der Waals surface area contributed by atoms with Crippen molar-refractivity contribution in [2.24, 2.45) is 0 Å². The van der Waals surface area contributed by atoms with Gasteiger partial charge in [0.15, 0.2) is 0 Å². The highest BCUT2D eigenvalue weighted by Gasteiger charge is 2.12. The van der Waals surface area contributed by atoms with Crippen LogP contribution >= 0.6 is 0 Å². The number of aliphatic hydroxyl groups is 1. The smallest absolute Gasteiger partial charge is 0.232 e. The van der Waals surface area contributed by atoms with Crippen molar-refractivity contribution in [3.05, 3.63) is 29.3 Å². The summed E-state index contributed by atoms with van der Waals surface area (Å²) in [5, 5.41) is 8.74. The molecule has 0 fully saturated rings. The molecule has 0 atom stereocenters. The van der Waals surface area contributed by atoms with E-state index in [4.69, 9.17) is 9.84 Å². The summed E-state index contributed by atoms with van der Waals surface area (Å²) in [7, 11) is -1.90. The Morgan fingerprint density at radius 3 is 2.80 bits per heavy atom. The largest absolute Gasteiger partial charge is 0.385 e. The number of nitrogens with one attached hydrogen (secondary N) is 1. The molecule has 0 heterocycles. The van der Waals surface area contributed by atoms with E-state index in [1.165, 1.54) is 7.11 Å². The van der Waals surface area contributed by atoms with Crippen molar-refractivity contribution in [2.45, 2.75) is 13.3 Å². The normalized spacial score (nSPS) is 10.8. The van der Waals surface area contributed by atoms with Gasteiger partial charge < -0.3 is 9.84 Å². The first-order valence-electron chi connectivity index (χ1n) is 6.18. The van der Waals surface area contributed by atoms with E-state index in [1.54, 1.807) is 18.2 Å². The average molecular weight is 297 g/mol. The summed E-state index contributed by atoms with van der Waals surface area (Å²) < 4.78 is 31.2. The fourth-order valence-electron chi connectivity index (χ4n) is 1.60. The lowest BCUT2D eigenvalue weighted by molar-refractivity contribution is 0.199. The van der Waals surface area contributed by atoms with Crippen LogP contribution in [0.4, 0.5) is 5.69 Å². The van der Waals surface area contributed by atoms with Crippen LogP contribution in [0, 0.1) is 18.8 Å². The summed E-state index contributed by atoms with van der Waals surface area (Å²) in [5.41, 5.74) is 1.94. The van der Waals surface area contributed by atoms with E-state index in [-0.39, 0.29) is 12.4 Å². The second kappa shape index (κ2) is 7.90. The summed E-state index contributed by atoms with van der Waals surface area (Å²) in [5.74, 6) is 5.25. The topological polar surface area (TPSA) is 75.6 Å². The van der Waals surface area contributed by atoms with Crippen molar-refractivity contribution in [3.63, 3.8) is 0 Å². The van der Waals surface area contributed by atoms with Gasteiger partial charge in [-0.2, -0.15) is 0 Å². The maximum absolute atomic E-state index is 11.9. The quantitative estimate of drug-likeness (QED) is 0.609. The SMILES string of the molecule is COCCCS(=O)(=O)Nc1ccc(C)cc1C#CCO. The van der Waals surface area contributed by atoms with Crippen LogP contribution in [-0.4, -0.2) is 39.6 Å². The monoisotopic (exact) mass is 297 g/mol. The lowest BCUT2D eigenvalue weighted by Crippen LogP contribution is -2.18. The molecule has 110 valence electrons. The maximum atomic E-state index is 11.9. The van der Waals surface area contributed by atoms with E-state index in [1.807, 2.05) is 6.92 Å². The van der Waals surface area contributed by atoms with Crippen molar-refractivity contribution in [2.75, 3.05) is 30.8 Å². The Labute approximate surface area is 120 Å². The third kappa shape index (κ3) is 5.61. The molecule has 20 heavy (non-hydrogen) atoms. The standard InChI is InChI=1S/C14H19NO4S/c1-12-6-7-14(13(11-12)5-3-8-16)15-20(17,18)10-4-9-19-2/h6-7,11,15-16H,4,8-10H2,1-2H3. The zero-order valence-corrected chi connectivity index (χ0v) is 12.5. The minimum atomic E-state index is -3.43. The van der Waals surface area contributed by atoms with Crippen molar-refractivity contribution >= 4 is 15.7 Å². The van der Waals surface area contributed by atoms with Crippen molar-refractivity contribution in [1.82, 2.24) is 0 Å². The van der Waals surface area contributed by atoms with Gasteiger partial charge in [0.1, 0.15) is 6.61 Å². The molecule has 0 bridgehead atoms. The number of sulfonamides is 1. The summed E-state index contributed by atoms with van der Waals surface area (Å²) in [4.78, 5) is 0. The summed E-state index contributed by atoms with van der Waals surface area (Å²) in [6.07, 6.45) is 0.426. The van der Waals surface area contributed by atoms with Gasteiger partial charge in [0, 0.05) is 19.3 Å². The van der Waals surface area contributed by atoms with Crippen LogP contribution < -0.4 is 4.72 Å². The maximum Gasteiger partial charge on any atom is 0.232 e. The summed E-state index contributed by atoms with van der Waals surface area (Å²) >= 11 is 0. The zero-order valence-electron chi connectivity index (χ0n) is 11.6. The molecule has 0 radical (unpaired) electrons. The number of anilines is 1. The van der Waals surface area contributed by atoms with E-state index in [9.17, 15) is 8.42 Å². The highest BCUT2D eigenvalue weighted by molar-refractivity contribution is 7.92. The number of rotatable bonds is 6. The van der Waals surface area contributed by atoms with Crippen molar-refractivity contribution < 1.29 is 18.3 Å². The molecule has 1 rings (SSSR count). The molecule has 1 aromatic carbocycles. The first-order chi connectivity index (χ1) is 9.48. The Bertz CT molecular complexity index is 599. The van der Waals surface area contributed by atoms with Gasteiger partial charge >= 0.3 is 0 Å². The first-order valence-corrected chi connectivity index (χ1v) is 7.83. The molecule has 1 aromatic rings. The van der Waals surface area contributed by atoms with Crippen LogP contribution in [0.1, 0.15) is 17.5 Å². The van der Waals surface area contributed by atoms with E-state index in [0.29, 0.717) is 24.3 Å². The second-order valence-electron chi connectivity index (χ2n) is 4.28. The molecule has 0 unspecified atom stereocenters. The third-order valence-electron chi connectivity index (χ3n) is 2.50. The average Bonchev–Trinajstić information content (AvgIpc) is 2.39. The van der Waals surface area contributed by atoms with Gasteiger partial charge in [-0.3, -0.25) is 4.72 Å². The summed E-state index contributed by atoms with van der Waals surface area (Å²) in [6.45, 7) is 2.01. The van der Waals surface area contributed by atoms with Gasteiger partial charge in [0.2, 0.25) is 10.0 Å². The van der Waals surface area contributed by atoms with Crippen LogP contribution in [0.15, 0.2) is 18.2 Å². The van der Waals surface area contributed by atoms with Crippen LogP contribution in [0.2, 0.25) is 0 Å². The van der Waals surface area contributed by atoms with Crippen LogP contribution in [0.25, 0.3) is 0 Å². The fraction of sp³-hybridized carbons (Fsp3) is 0.429. The zero-order chi connectivity index (χ0) is 15.0. The molecule has 0 aromatic heterocycles. The Hall–Kier alpha value is -1.55. The minimum absolute atomic E-state index is 0.0123. The molecule has 0 saturated carbocycles. The van der Waals surface area contributed by atoms with Gasteiger partial charge in [-0.25, -0.2) is 8.42 Å². The van der Waals surface area contributed by atoms with E-state index >= 15 is 0 Å². The van der Waals surface area contributed by atoms with E-state index in [2.05, 4.69) is 16.6 Å². The summed E-state index contributed by atoms with van der Waals surface area (Å²) in [6, 6.07) is 5.25. The molecule has 5 nitrogen and oxygen atoms in total. The van der Waals surface area contributed by atoms with Crippen LogP contribution in [0.3, 0.4) is 0 Å². The fourth-order valence-corrected chi connectivity index (χ4v) is 2.71. The minimum Gasteiger partial charge on any atom is -0.385 e. The lowest BCUT2D eigenvalue weighted by Gasteiger charge is -2.10. The Morgan fingerprint density at radius 1 is 1.40 bits per heavy atom. The van der Waals surface area contributed by atoms with Crippen LogP contribution in [-0.2, 0) is 14.8 Å². The van der Waals surface area contributed by atoms with Gasteiger partial charge in [-0.05, 0) is 31.0 Å².